The van der Waals surface area contributed by atoms with Gasteiger partial charge in [-0.2, -0.15) is 0 Å². The molecular formula is C12H23Si2. The summed E-state index contributed by atoms with van der Waals surface area (Å²) < 4.78 is 0. The Morgan fingerprint density at radius 2 is 1.57 bits per heavy atom. The summed E-state index contributed by atoms with van der Waals surface area (Å²) in [5, 5.41) is 0.869. The molecule has 0 bridgehead atoms. The van der Waals surface area contributed by atoms with Crippen LogP contribution in [0.5, 0.6) is 0 Å². The van der Waals surface area contributed by atoms with Gasteiger partial charge in [-0.25, -0.2) is 0 Å². The van der Waals surface area contributed by atoms with Gasteiger partial charge in [0.05, 0.1) is 0 Å². The van der Waals surface area contributed by atoms with E-state index in [4.69, 9.17) is 0 Å². The van der Waals surface area contributed by atoms with Crippen LogP contribution in [0.15, 0.2) is 17.7 Å². The van der Waals surface area contributed by atoms with Gasteiger partial charge in [0.1, 0.15) is 0 Å². The monoisotopic (exact) mass is 223 g/mol. The van der Waals surface area contributed by atoms with Crippen LogP contribution in [0.3, 0.4) is 0 Å². The Labute approximate surface area is 91.1 Å². The maximum atomic E-state index is 3.54. The van der Waals surface area contributed by atoms with Crippen LogP contribution in [0.2, 0.25) is 44.4 Å². The van der Waals surface area contributed by atoms with E-state index in [0.29, 0.717) is 0 Å². The summed E-state index contributed by atoms with van der Waals surface area (Å²) in [4.78, 5) is 0. The van der Waals surface area contributed by atoms with E-state index in [1.165, 1.54) is 5.57 Å². The Morgan fingerprint density at radius 1 is 1.07 bits per heavy atom. The van der Waals surface area contributed by atoms with Crippen LogP contribution in [-0.4, -0.2) is 16.1 Å². The van der Waals surface area contributed by atoms with Crippen molar-refractivity contribution in [2.75, 3.05) is 0 Å². The zero-order valence-corrected chi connectivity index (χ0v) is 12.4. The molecule has 0 saturated heterocycles. The quantitative estimate of drug-likeness (QED) is 0.627. The van der Waals surface area contributed by atoms with E-state index in [1.807, 2.05) is 0 Å². The summed E-state index contributed by atoms with van der Waals surface area (Å²) in [5.74, 6) is 0. The van der Waals surface area contributed by atoms with Crippen molar-refractivity contribution in [3.8, 4) is 0 Å². The molecule has 0 saturated carbocycles. The van der Waals surface area contributed by atoms with Gasteiger partial charge in [0.2, 0.25) is 0 Å². The van der Waals surface area contributed by atoms with Crippen molar-refractivity contribution < 1.29 is 0 Å². The Morgan fingerprint density at radius 3 is 1.86 bits per heavy atom. The van der Waals surface area contributed by atoms with Crippen LogP contribution in [-0.2, 0) is 0 Å². The third-order valence-electron chi connectivity index (χ3n) is 2.76. The van der Waals surface area contributed by atoms with Crippen molar-refractivity contribution in [3.05, 3.63) is 23.8 Å². The molecule has 1 radical (unpaired) electrons. The molecule has 14 heavy (non-hydrogen) atoms. The molecule has 0 amide bonds. The topological polar surface area (TPSA) is 0 Å². The molecule has 79 valence electrons. The van der Waals surface area contributed by atoms with Crippen molar-refractivity contribution in [2.45, 2.75) is 50.9 Å². The molecule has 0 N–H and O–H groups in total. The van der Waals surface area contributed by atoms with Gasteiger partial charge in [-0.1, -0.05) is 51.4 Å². The first-order valence-corrected chi connectivity index (χ1v) is 12.7. The van der Waals surface area contributed by atoms with Crippen LogP contribution < -0.4 is 0 Å². The van der Waals surface area contributed by atoms with Crippen molar-refractivity contribution in [2.24, 2.45) is 0 Å². The van der Waals surface area contributed by atoms with Gasteiger partial charge >= 0.3 is 0 Å². The van der Waals surface area contributed by atoms with E-state index in [2.05, 4.69) is 57.5 Å². The minimum atomic E-state index is -1.08. The molecule has 0 unspecified atom stereocenters. The van der Waals surface area contributed by atoms with Gasteiger partial charge in [-0.05, 0) is 23.2 Å². The second-order valence-corrected chi connectivity index (χ2v) is 17.6. The average Bonchev–Trinajstić information content (AvgIpc) is 2.31. The van der Waals surface area contributed by atoms with Crippen LogP contribution in [0, 0.1) is 6.08 Å². The summed E-state index contributed by atoms with van der Waals surface area (Å²) in [6.45, 7) is 15.0. The Kier molecular flexibility index (Phi) is 3.27. The molecule has 0 fully saturated rings. The molecule has 0 nitrogen and oxygen atoms in total. The van der Waals surface area contributed by atoms with Gasteiger partial charge in [0, 0.05) is 16.1 Å². The molecule has 0 aromatic heterocycles. The summed E-state index contributed by atoms with van der Waals surface area (Å²) in [6, 6.07) is 0. The van der Waals surface area contributed by atoms with Gasteiger partial charge in [0.25, 0.3) is 0 Å². The number of rotatable bonds is 3. The zero-order chi connectivity index (χ0) is 11.0. The largest absolute Gasteiger partial charge is 0.0798 e. The lowest BCUT2D eigenvalue weighted by atomic mass is 10.3. The predicted octanol–water partition coefficient (Wildman–Crippen LogP) is 4.26. The molecule has 0 aliphatic heterocycles. The molecule has 2 heteroatoms. The van der Waals surface area contributed by atoms with Crippen LogP contribution >= 0.6 is 0 Å². The van der Waals surface area contributed by atoms with Gasteiger partial charge in [-0.15, -0.1) is 0 Å². The first-order chi connectivity index (χ1) is 6.23. The Balaban J connectivity index is 3.00. The van der Waals surface area contributed by atoms with E-state index >= 15 is 0 Å². The fourth-order valence-corrected chi connectivity index (χ4v) is 15.5. The van der Waals surface area contributed by atoms with Crippen LogP contribution in [0.1, 0.15) is 6.42 Å². The second kappa shape index (κ2) is 3.82. The smallest absolute Gasteiger partial charge is 0.0493 e. The molecule has 0 spiro atoms. The molecule has 1 rings (SSSR count). The van der Waals surface area contributed by atoms with E-state index in [1.54, 1.807) is 0 Å². The molecule has 0 atom stereocenters. The first-order valence-electron chi connectivity index (χ1n) is 5.50. The lowest BCUT2D eigenvalue weighted by Crippen LogP contribution is -2.44. The number of hydrogen-bond acceptors (Lipinski definition) is 0. The number of allylic oxidation sites excluding steroid dienone is 4. The first kappa shape index (κ1) is 12.0. The molecule has 0 aromatic rings. The summed E-state index contributed by atoms with van der Waals surface area (Å²) in [5.41, 5.74) is 1.53. The molecule has 1 aliphatic rings. The van der Waals surface area contributed by atoms with Gasteiger partial charge in [-0.3, -0.25) is 0 Å². The van der Waals surface area contributed by atoms with E-state index in [-0.39, 0.29) is 0 Å². The minimum absolute atomic E-state index is 0.869. The maximum Gasteiger partial charge on any atom is 0.0493 e. The summed E-state index contributed by atoms with van der Waals surface area (Å²) >= 11 is 0. The minimum Gasteiger partial charge on any atom is -0.0798 e. The van der Waals surface area contributed by atoms with Gasteiger partial charge < -0.3 is 0 Å². The normalized spacial score (nSPS) is 17.8. The lowest BCUT2D eigenvalue weighted by Gasteiger charge is -2.39. The molecule has 1 aliphatic carbocycles. The molecular weight excluding hydrogens is 200 g/mol. The molecule has 0 heterocycles. The second-order valence-electron chi connectivity index (χ2n) is 6.40. The molecule has 0 aromatic carbocycles. The van der Waals surface area contributed by atoms with Crippen molar-refractivity contribution in [1.29, 1.82) is 0 Å². The zero-order valence-electron chi connectivity index (χ0n) is 10.4. The fourth-order valence-electron chi connectivity index (χ4n) is 2.85. The van der Waals surface area contributed by atoms with Crippen molar-refractivity contribution in [1.82, 2.24) is 0 Å². The fraction of sp³-hybridized carbons (Fsp3) is 0.667. The number of hydrogen-bond donors (Lipinski definition) is 0. The van der Waals surface area contributed by atoms with E-state index in [9.17, 15) is 0 Å². The highest BCUT2D eigenvalue weighted by molar-refractivity contribution is 6.97. The summed E-state index contributed by atoms with van der Waals surface area (Å²) in [6.07, 6.45) is 9.16. The predicted molar refractivity (Wildman–Crippen MR) is 71.0 cm³/mol. The highest BCUT2D eigenvalue weighted by Gasteiger charge is 2.39. The highest BCUT2D eigenvalue weighted by atomic mass is 28.4. The van der Waals surface area contributed by atoms with E-state index in [0.717, 1.165) is 11.6 Å². The third-order valence-corrected chi connectivity index (χ3v) is 12.0. The van der Waals surface area contributed by atoms with Crippen molar-refractivity contribution in [3.63, 3.8) is 0 Å². The Hall–Kier alpha value is -0.0862. The third kappa shape index (κ3) is 2.70. The van der Waals surface area contributed by atoms with E-state index < -0.39 is 16.1 Å². The lowest BCUT2D eigenvalue weighted by molar-refractivity contribution is 1.21. The highest BCUT2D eigenvalue weighted by Crippen LogP contribution is 2.40. The SMILES string of the molecule is C[Si](C)(C)C(C1=[C]CC=C1)[Si](C)(C)C. The summed E-state index contributed by atoms with van der Waals surface area (Å²) in [7, 11) is -2.15. The van der Waals surface area contributed by atoms with Gasteiger partial charge in [0.15, 0.2) is 0 Å². The Bertz CT molecular complexity index is 247. The van der Waals surface area contributed by atoms with Crippen LogP contribution in [0.25, 0.3) is 0 Å². The average molecular weight is 223 g/mol. The van der Waals surface area contributed by atoms with Crippen LogP contribution in [0.4, 0.5) is 0 Å². The van der Waals surface area contributed by atoms with Crippen molar-refractivity contribution >= 4 is 16.1 Å². The standard InChI is InChI=1S/C12H23Si2/c1-13(2,3)12(14(4,5)6)11-9-7-8-10-11/h7,9,12H,8H2,1-6H3. The maximum absolute atomic E-state index is 3.54.